The highest BCUT2D eigenvalue weighted by molar-refractivity contribution is 7.80. The zero-order valence-corrected chi connectivity index (χ0v) is 20.0. The van der Waals surface area contributed by atoms with Crippen LogP contribution in [0.3, 0.4) is 0 Å². The molecule has 5 fully saturated rings. The van der Waals surface area contributed by atoms with Gasteiger partial charge in [-0.15, -0.1) is 0 Å². The molecule has 1 saturated heterocycles. The van der Waals surface area contributed by atoms with Crippen molar-refractivity contribution in [3.8, 4) is 0 Å². The topological polar surface area (TPSA) is 33.1 Å². The summed E-state index contributed by atoms with van der Waals surface area (Å²) in [5.41, 5.74) is 1.75. The van der Waals surface area contributed by atoms with E-state index >= 15 is 0 Å². The summed E-state index contributed by atoms with van der Waals surface area (Å²) >= 11 is 7.74. The lowest BCUT2D eigenvalue weighted by Crippen LogP contribution is -2.62. The molecule has 2 aromatic rings. The van der Waals surface area contributed by atoms with Crippen LogP contribution < -0.4 is 5.32 Å². The van der Waals surface area contributed by atoms with Gasteiger partial charge in [-0.1, -0.05) is 0 Å². The van der Waals surface area contributed by atoms with E-state index in [2.05, 4.69) is 37.8 Å². The molecule has 1 N–H and O–H groups in total. The van der Waals surface area contributed by atoms with E-state index in [9.17, 15) is 0 Å². The van der Waals surface area contributed by atoms with E-state index in [1.807, 2.05) is 6.20 Å². The van der Waals surface area contributed by atoms with Gasteiger partial charge in [0.15, 0.2) is 5.11 Å². The van der Waals surface area contributed by atoms with Gasteiger partial charge >= 0.3 is 0 Å². The van der Waals surface area contributed by atoms with Gasteiger partial charge in [-0.25, -0.2) is 4.98 Å². The Morgan fingerprint density at radius 1 is 1.13 bits per heavy atom. The number of thiocarbonyl (C=S) groups is 1. The molecule has 5 aliphatic rings. The molecular weight excluding hydrogens is 420 g/mol. The minimum atomic E-state index is 0.320. The van der Waals surface area contributed by atoms with Gasteiger partial charge in [0.2, 0.25) is 0 Å². The van der Waals surface area contributed by atoms with Crippen molar-refractivity contribution < 1.29 is 0 Å². The van der Waals surface area contributed by atoms with Crippen LogP contribution >= 0.6 is 23.6 Å². The monoisotopic (exact) mass is 454 g/mol. The lowest BCUT2D eigenvalue weighted by molar-refractivity contribution is -0.0113. The summed E-state index contributed by atoms with van der Waals surface area (Å²) in [6.45, 7) is 3.14. The number of nitrogens with one attached hydrogen (secondary N) is 1. The third kappa shape index (κ3) is 4.06. The van der Waals surface area contributed by atoms with Crippen LogP contribution in [-0.2, 0) is 13.0 Å². The fourth-order valence-electron chi connectivity index (χ4n) is 7.46. The maximum Gasteiger partial charge on any atom is 0.169 e. The van der Waals surface area contributed by atoms with E-state index in [0.29, 0.717) is 11.5 Å². The summed E-state index contributed by atoms with van der Waals surface area (Å²) in [6.07, 6.45) is 16.1. The third-order valence-electron chi connectivity index (χ3n) is 8.53. The normalized spacial score (nSPS) is 32.5. The van der Waals surface area contributed by atoms with Crippen molar-refractivity contribution in [1.29, 1.82) is 0 Å². The molecule has 0 aromatic carbocycles. The molecule has 0 unspecified atom stereocenters. The summed E-state index contributed by atoms with van der Waals surface area (Å²) in [5, 5.41) is 9.38. The Labute approximate surface area is 195 Å². The summed E-state index contributed by atoms with van der Waals surface area (Å²) < 4.78 is 2.38. The van der Waals surface area contributed by atoms with Crippen LogP contribution in [0.25, 0.3) is 0 Å². The van der Waals surface area contributed by atoms with Crippen molar-refractivity contribution in [3.05, 3.63) is 40.6 Å². The van der Waals surface area contributed by atoms with E-state index in [1.54, 1.807) is 11.3 Å². The van der Waals surface area contributed by atoms with Gasteiger partial charge in [0, 0.05) is 43.5 Å². The lowest BCUT2D eigenvalue weighted by atomic mass is 9.53. The average molecular weight is 455 g/mol. The number of thiophene rings is 1. The van der Waals surface area contributed by atoms with E-state index in [-0.39, 0.29) is 0 Å². The molecule has 7 rings (SSSR count). The van der Waals surface area contributed by atoms with Crippen LogP contribution in [0.15, 0.2) is 29.2 Å². The average Bonchev–Trinajstić information content (AvgIpc) is 3.43. The molecule has 0 atom stereocenters. The Kier molecular flexibility index (Phi) is 5.34. The Morgan fingerprint density at radius 2 is 1.84 bits per heavy atom. The number of hydrogen-bond donors (Lipinski definition) is 1. The van der Waals surface area contributed by atoms with Crippen LogP contribution in [0, 0.1) is 17.8 Å². The second-order valence-corrected chi connectivity index (χ2v) is 11.9. The zero-order chi connectivity index (χ0) is 20.8. The predicted molar refractivity (Wildman–Crippen MR) is 130 cm³/mol. The maximum absolute atomic E-state index is 5.96. The van der Waals surface area contributed by atoms with E-state index < -0.39 is 0 Å². The highest BCUT2D eigenvalue weighted by Gasteiger charge is 2.51. The van der Waals surface area contributed by atoms with Crippen LogP contribution in [0.4, 0.5) is 0 Å². The summed E-state index contributed by atoms with van der Waals surface area (Å²) in [5.74, 6) is 4.70. The smallest absolute Gasteiger partial charge is 0.169 e. The first-order valence-corrected chi connectivity index (χ1v) is 13.6. The Bertz CT molecular complexity index is 875. The van der Waals surface area contributed by atoms with Gasteiger partial charge in [0.25, 0.3) is 0 Å². The van der Waals surface area contributed by atoms with Crippen molar-refractivity contribution in [1.82, 2.24) is 19.8 Å². The minimum absolute atomic E-state index is 0.320. The van der Waals surface area contributed by atoms with E-state index in [0.717, 1.165) is 61.8 Å². The van der Waals surface area contributed by atoms with Gasteiger partial charge in [-0.3, -0.25) is 0 Å². The molecule has 1 aliphatic heterocycles. The van der Waals surface area contributed by atoms with Crippen molar-refractivity contribution in [2.24, 2.45) is 17.8 Å². The molecule has 4 bridgehead atoms. The molecule has 0 radical (unpaired) electrons. The summed E-state index contributed by atoms with van der Waals surface area (Å²) in [6, 6.07) is 2.23. The van der Waals surface area contributed by atoms with Crippen LogP contribution in [0.1, 0.15) is 68.7 Å². The largest absolute Gasteiger partial charge is 0.357 e. The van der Waals surface area contributed by atoms with Crippen LogP contribution in [-0.4, -0.2) is 38.2 Å². The molecule has 4 nitrogen and oxygen atoms in total. The van der Waals surface area contributed by atoms with Gasteiger partial charge in [0.05, 0.1) is 0 Å². The van der Waals surface area contributed by atoms with E-state index in [4.69, 9.17) is 17.2 Å². The number of aromatic nitrogens is 2. The molecule has 31 heavy (non-hydrogen) atoms. The van der Waals surface area contributed by atoms with Crippen molar-refractivity contribution in [2.75, 3.05) is 13.1 Å². The van der Waals surface area contributed by atoms with Gasteiger partial charge < -0.3 is 14.8 Å². The molecule has 4 saturated carbocycles. The second kappa shape index (κ2) is 8.18. The number of aryl methyl sites for hydroxylation is 2. The van der Waals surface area contributed by atoms with Crippen molar-refractivity contribution in [3.63, 3.8) is 0 Å². The second-order valence-electron chi connectivity index (χ2n) is 10.7. The first-order chi connectivity index (χ1) is 15.2. The van der Waals surface area contributed by atoms with Crippen molar-refractivity contribution >= 4 is 28.7 Å². The Morgan fingerprint density at radius 3 is 2.48 bits per heavy atom. The quantitative estimate of drug-likeness (QED) is 0.629. The molecule has 0 amide bonds. The molecule has 166 valence electrons. The number of nitrogens with zero attached hydrogens (tertiary/aromatic N) is 3. The number of hydrogen-bond acceptors (Lipinski definition) is 3. The van der Waals surface area contributed by atoms with Gasteiger partial charge in [0.1, 0.15) is 5.82 Å². The van der Waals surface area contributed by atoms with E-state index in [1.165, 1.54) is 49.9 Å². The maximum atomic E-state index is 5.96. The number of imidazole rings is 1. The minimum Gasteiger partial charge on any atom is -0.357 e. The standard InChI is InChI=1S/C25H34N4S2/c30-24(27-25-14-19-11-20(15-25)13-21(12-19)16-25)29-7-2-22(3-8-29)23-26-5-9-28(23)6-1-18-4-10-31-17-18/h4-5,9-10,17,19-22H,1-3,6-8,11-16H2,(H,27,30). The number of piperidine rings is 1. The highest BCUT2D eigenvalue weighted by atomic mass is 32.1. The van der Waals surface area contributed by atoms with Gasteiger partial charge in [-0.2, -0.15) is 11.3 Å². The molecule has 0 spiro atoms. The molecular formula is C25H34N4S2. The summed E-state index contributed by atoms with van der Waals surface area (Å²) in [7, 11) is 0. The first kappa shape index (κ1) is 20.2. The summed E-state index contributed by atoms with van der Waals surface area (Å²) in [4.78, 5) is 7.20. The fraction of sp³-hybridized carbons (Fsp3) is 0.680. The first-order valence-electron chi connectivity index (χ1n) is 12.2. The molecule has 6 heteroatoms. The molecule has 3 heterocycles. The van der Waals surface area contributed by atoms with Crippen LogP contribution in [0.2, 0.25) is 0 Å². The predicted octanol–water partition coefficient (Wildman–Crippen LogP) is 5.21. The number of likely N-dealkylation sites (tertiary alicyclic amines) is 1. The lowest BCUT2D eigenvalue weighted by Gasteiger charge is -2.57. The fourth-order valence-corrected chi connectivity index (χ4v) is 8.57. The van der Waals surface area contributed by atoms with Crippen LogP contribution in [0.5, 0.6) is 0 Å². The van der Waals surface area contributed by atoms with Gasteiger partial charge in [-0.05, 0) is 110 Å². The highest BCUT2D eigenvalue weighted by Crippen LogP contribution is 2.55. The Hall–Kier alpha value is -1.40. The Balaban J connectivity index is 1.04. The SMILES string of the molecule is S=C(NC12CC3CC(CC(C3)C1)C2)N1CCC(c2nccn2CCc2ccsc2)CC1. The number of rotatable bonds is 5. The zero-order valence-electron chi connectivity index (χ0n) is 18.3. The molecule has 4 aliphatic carbocycles. The van der Waals surface area contributed by atoms with Crippen molar-refractivity contribution in [2.45, 2.75) is 75.8 Å². The molecule has 2 aromatic heterocycles. The third-order valence-corrected chi connectivity index (χ3v) is 9.62.